The summed E-state index contributed by atoms with van der Waals surface area (Å²) in [5.41, 5.74) is 0.922. The third-order valence-corrected chi connectivity index (χ3v) is 3.44. The summed E-state index contributed by atoms with van der Waals surface area (Å²) in [6.07, 6.45) is -1.48. The van der Waals surface area contributed by atoms with Gasteiger partial charge in [0.05, 0.1) is 5.75 Å². The van der Waals surface area contributed by atoms with Crippen LogP contribution in [0.4, 0.5) is 4.39 Å². The monoisotopic (exact) mass is 301 g/mol. The van der Waals surface area contributed by atoms with E-state index in [1.54, 1.807) is 12.1 Å². The molecule has 20 heavy (non-hydrogen) atoms. The number of carboxylic acids is 1. The van der Waals surface area contributed by atoms with Gasteiger partial charge in [0.2, 0.25) is 5.91 Å². The summed E-state index contributed by atoms with van der Waals surface area (Å²) in [5, 5.41) is 20.0. The van der Waals surface area contributed by atoms with Crippen LogP contribution in [0.15, 0.2) is 24.3 Å². The van der Waals surface area contributed by atoms with Crippen LogP contribution in [-0.4, -0.2) is 40.5 Å². The number of nitrogens with one attached hydrogen (secondary N) is 1. The van der Waals surface area contributed by atoms with Gasteiger partial charge in [0.15, 0.2) is 6.10 Å². The smallest absolute Gasteiger partial charge is 0.332 e. The molecule has 1 atom stereocenters. The van der Waals surface area contributed by atoms with Gasteiger partial charge < -0.3 is 15.5 Å². The molecule has 0 heterocycles. The summed E-state index contributed by atoms with van der Waals surface area (Å²) in [4.78, 5) is 21.8. The van der Waals surface area contributed by atoms with Crippen molar-refractivity contribution >= 4 is 23.6 Å². The Labute approximate surface area is 120 Å². The molecule has 3 N–H and O–H groups in total. The van der Waals surface area contributed by atoms with E-state index in [0.29, 0.717) is 5.75 Å². The average Bonchev–Trinajstić information content (AvgIpc) is 2.40. The molecule has 0 radical (unpaired) electrons. The van der Waals surface area contributed by atoms with Gasteiger partial charge in [-0.25, -0.2) is 9.18 Å². The van der Waals surface area contributed by atoms with Crippen LogP contribution in [0.1, 0.15) is 12.0 Å². The second-order valence-corrected chi connectivity index (χ2v) is 5.10. The van der Waals surface area contributed by atoms with Crippen molar-refractivity contribution in [2.45, 2.75) is 18.3 Å². The van der Waals surface area contributed by atoms with Gasteiger partial charge >= 0.3 is 5.97 Å². The van der Waals surface area contributed by atoms with Crippen LogP contribution in [0.25, 0.3) is 0 Å². The molecule has 1 unspecified atom stereocenters. The number of aliphatic hydroxyl groups excluding tert-OH is 1. The number of hydrogen-bond acceptors (Lipinski definition) is 4. The van der Waals surface area contributed by atoms with Crippen LogP contribution < -0.4 is 5.32 Å². The Balaban J connectivity index is 2.14. The van der Waals surface area contributed by atoms with E-state index in [4.69, 9.17) is 10.2 Å². The van der Waals surface area contributed by atoms with Gasteiger partial charge in [-0.1, -0.05) is 12.1 Å². The van der Waals surface area contributed by atoms with E-state index in [1.807, 2.05) is 0 Å². The molecule has 1 aromatic rings. The van der Waals surface area contributed by atoms with Crippen LogP contribution in [0.5, 0.6) is 0 Å². The first-order valence-corrected chi connectivity index (χ1v) is 7.14. The highest BCUT2D eigenvalue weighted by molar-refractivity contribution is 7.99. The Bertz CT molecular complexity index is 452. The molecule has 1 aromatic carbocycles. The summed E-state index contributed by atoms with van der Waals surface area (Å²) >= 11 is 1.37. The molecule has 110 valence electrons. The van der Waals surface area contributed by atoms with Crippen molar-refractivity contribution in [1.29, 1.82) is 0 Å². The maximum Gasteiger partial charge on any atom is 0.332 e. The van der Waals surface area contributed by atoms with Crippen LogP contribution >= 0.6 is 11.8 Å². The number of thioether (sulfide) groups is 1. The molecule has 0 bridgehead atoms. The predicted molar refractivity (Wildman–Crippen MR) is 73.8 cm³/mol. The van der Waals surface area contributed by atoms with Crippen LogP contribution in [-0.2, 0) is 15.3 Å². The van der Waals surface area contributed by atoms with E-state index >= 15 is 0 Å². The van der Waals surface area contributed by atoms with E-state index in [0.717, 1.165) is 5.56 Å². The first-order chi connectivity index (χ1) is 9.49. The van der Waals surface area contributed by atoms with Crippen molar-refractivity contribution in [1.82, 2.24) is 5.32 Å². The normalized spacial score (nSPS) is 11.9. The molecule has 5 nitrogen and oxygen atoms in total. The molecular formula is C13H16FNO4S. The Morgan fingerprint density at radius 1 is 1.30 bits per heavy atom. The van der Waals surface area contributed by atoms with E-state index in [9.17, 15) is 14.0 Å². The minimum absolute atomic E-state index is 0.0241. The SMILES string of the molecule is O=C(CSCc1ccc(F)cc1)NCCC(O)C(=O)O. The number of rotatable bonds is 8. The lowest BCUT2D eigenvalue weighted by atomic mass is 10.2. The summed E-state index contributed by atoms with van der Waals surface area (Å²) < 4.78 is 12.7. The standard InChI is InChI=1S/C13H16FNO4S/c14-10-3-1-9(2-4-10)7-20-8-12(17)15-6-5-11(16)13(18)19/h1-4,11,16H,5-8H2,(H,15,17)(H,18,19). The third-order valence-electron chi connectivity index (χ3n) is 2.44. The summed E-state index contributed by atoms with van der Waals surface area (Å²) in [6, 6.07) is 6.04. The lowest BCUT2D eigenvalue weighted by Gasteiger charge is -2.07. The molecule has 0 aliphatic carbocycles. The maximum atomic E-state index is 12.7. The van der Waals surface area contributed by atoms with E-state index in [-0.39, 0.29) is 30.4 Å². The van der Waals surface area contributed by atoms with Gasteiger partial charge in [0.1, 0.15) is 5.82 Å². The number of carbonyl (C=O) groups excluding carboxylic acids is 1. The number of amides is 1. The van der Waals surface area contributed by atoms with Crippen LogP contribution in [0.3, 0.4) is 0 Å². The van der Waals surface area contributed by atoms with Gasteiger partial charge in [0, 0.05) is 18.7 Å². The molecular weight excluding hydrogens is 285 g/mol. The van der Waals surface area contributed by atoms with Crippen molar-refractivity contribution in [3.8, 4) is 0 Å². The molecule has 1 amide bonds. The molecule has 7 heteroatoms. The second-order valence-electron chi connectivity index (χ2n) is 4.11. The molecule has 0 aliphatic rings. The molecule has 0 aromatic heterocycles. The Kier molecular flexibility index (Phi) is 7.03. The predicted octanol–water partition coefficient (Wildman–Crippen LogP) is 1.01. The highest BCUT2D eigenvalue weighted by Crippen LogP contribution is 2.12. The number of hydrogen-bond donors (Lipinski definition) is 3. The largest absolute Gasteiger partial charge is 0.479 e. The summed E-state index contributed by atoms with van der Waals surface area (Å²) in [6.45, 7) is 0.114. The fraction of sp³-hybridized carbons (Fsp3) is 0.385. The Morgan fingerprint density at radius 3 is 2.55 bits per heavy atom. The van der Waals surface area contributed by atoms with Gasteiger partial charge in [0.25, 0.3) is 0 Å². The van der Waals surface area contributed by atoms with Gasteiger partial charge in [-0.05, 0) is 17.7 Å². The lowest BCUT2D eigenvalue weighted by molar-refractivity contribution is -0.147. The molecule has 0 spiro atoms. The number of aliphatic carboxylic acids is 1. The molecule has 0 saturated heterocycles. The third kappa shape index (κ3) is 6.53. The zero-order valence-corrected chi connectivity index (χ0v) is 11.5. The van der Waals surface area contributed by atoms with Gasteiger partial charge in [-0.15, -0.1) is 11.8 Å². The summed E-state index contributed by atoms with van der Waals surface area (Å²) in [7, 11) is 0. The quantitative estimate of drug-likeness (QED) is 0.667. The van der Waals surface area contributed by atoms with E-state index in [1.165, 1.54) is 23.9 Å². The van der Waals surface area contributed by atoms with Crippen molar-refractivity contribution in [2.75, 3.05) is 12.3 Å². The van der Waals surface area contributed by atoms with Crippen molar-refractivity contribution in [3.63, 3.8) is 0 Å². The number of halogens is 1. The average molecular weight is 301 g/mol. The zero-order chi connectivity index (χ0) is 15.0. The fourth-order valence-electron chi connectivity index (χ4n) is 1.37. The van der Waals surface area contributed by atoms with E-state index < -0.39 is 12.1 Å². The second kappa shape index (κ2) is 8.55. The number of carbonyl (C=O) groups is 2. The van der Waals surface area contributed by atoms with Crippen LogP contribution in [0, 0.1) is 5.82 Å². The molecule has 0 aliphatic heterocycles. The Hall–Kier alpha value is -1.60. The molecule has 1 rings (SSSR count). The minimum atomic E-state index is -1.46. The number of carboxylic acid groups (broad SMARTS) is 1. The van der Waals surface area contributed by atoms with Crippen molar-refractivity contribution in [3.05, 3.63) is 35.6 Å². The highest BCUT2D eigenvalue weighted by atomic mass is 32.2. The van der Waals surface area contributed by atoms with Crippen molar-refractivity contribution in [2.24, 2.45) is 0 Å². The van der Waals surface area contributed by atoms with Gasteiger partial charge in [-0.2, -0.15) is 0 Å². The molecule has 0 saturated carbocycles. The molecule has 0 fully saturated rings. The van der Waals surface area contributed by atoms with E-state index in [2.05, 4.69) is 5.32 Å². The minimum Gasteiger partial charge on any atom is -0.479 e. The lowest BCUT2D eigenvalue weighted by Crippen LogP contribution is -2.31. The first-order valence-electron chi connectivity index (χ1n) is 5.99. The highest BCUT2D eigenvalue weighted by Gasteiger charge is 2.12. The summed E-state index contributed by atoms with van der Waals surface area (Å²) in [5.74, 6) is -1.01. The Morgan fingerprint density at radius 2 is 1.95 bits per heavy atom. The number of benzene rings is 1. The van der Waals surface area contributed by atoms with Crippen molar-refractivity contribution < 1.29 is 24.2 Å². The maximum absolute atomic E-state index is 12.7. The van der Waals surface area contributed by atoms with Crippen LogP contribution in [0.2, 0.25) is 0 Å². The first kappa shape index (κ1) is 16.5. The number of aliphatic hydroxyl groups is 1. The van der Waals surface area contributed by atoms with Gasteiger partial charge in [-0.3, -0.25) is 4.79 Å². The fourth-order valence-corrected chi connectivity index (χ4v) is 2.18. The topological polar surface area (TPSA) is 86.6 Å². The zero-order valence-electron chi connectivity index (χ0n) is 10.7.